The lowest BCUT2D eigenvalue weighted by Crippen LogP contribution is -2.57. The van der Waals surface area contributed by atoms with Crippen LogP contribution >= 0.6 is 23.7 Å². The number of carbonyl (C=O) groups is 2. The molecule has 2 amide bonds. The molecule has 1 atom stereocenters. The Hall–Kier alpha value is -2.41. The third-order valence-corrected chi connectivity index (χ3v) is 8.49. The van der Waals surface area contributed by atoms with Crippen LogP contribution < -0.4 is 10.2 Å². The van der Waals surface area contributed by atoms with E-state index in [1.807, 2.05) is 23.1 Å². The van der Waals surface area contributed by atoms with Crippen LogP contribution in [0.25, 0.3) is 21.2 Å². The number of amides is 2. The summed E-state index contributed by atoms with van der Waals surface area (Å²) in [5.41, 5.74) is 3.21. The van der Waals surface area contributed by atoms with Gasteiger partial charge in [-0.3, -0.25) is 9.59 Å². The molecule has 33 heavy (non-hydrogen) atoms. The van der Waals surface area contributed by atoms with Crippen molar-refractivity contribution in [2.45, 2.75) is 31.7 Å². The molecule has 4 saturated heterocycles. The number of rotatable bonds is 4. The third-order valence-electron chi connectivity index (χ3n) is 7.30. The fourth-order valence-electron chi connectivity index (χ4n) is 5.51. The van der Waals surface area contributed by atoms with Gasteiger partial charge in [-0.25, -0.2) is 0 Å². The highest BCUT2D eigenvalue weighted by Gasteiger charge is 2.35. The molecule has 5 heterocycles. The average Bonchev–Trinajstić information content (AvgIpc) is 3.46. The first-order valence-electron chi connectivity index (χ1n) is 11.6. The first kappa shape index (κ1) is 22.4. The van der Waals surface area contributed by atoms with Gasteiger partial charge < -0.3 is 15.1 Å². The number of fused-ring (bicyclic) bond motifs is 4. The van der Waals surface area contributed by atoms with Gasteiger partial charge in [0.05, 0.1) is 4.88 Å². The highest BCUT2D eigenvalue weighted by molar-refractivity contribution is 7.21. The number of hydrogen-bond acceptors (Lipinski definition) is 4. The van der Waals surface area contributed by atoms with Gasteiger partial charge in [-0.15, -0.1) is 23.7 Å². The molecule has 7 rings (SSSR count). The minimum Gasteiger partial charge on any atom is -0.347 e. The first-order valence-corrected chi connectivity index (χ1v) is 12.4. The number of nitrogens with zero attached hydrogens (tertiary/aromatic N) is 2. The van der Waals surface area contributed by atoms with E-state index in [1.165, 1.54) is 25.9 Å². The number of piperidine rings is 3. The lowest BCUT2D eigenvalue weighted by atomic mass is 9.84. The molecule has 3 aromatic rings. The van der Waals surface area contributed by atoms with E-state index in [0.29, 0.717) is 12.3 Å². The highest BCUT2D eigenvalue weighted by atomic mass is 35.5. The molecule has 172 valence electrons. The van der Waals surface area contributed by atoms with Crippen LogP contribution in [-0.2, 0) is 4.79 Å². The van der Waals surface area contributed by atoms with Crippen LogP contribution in [0.15, 0.2) is 48.5 Å². The molecule has 5 nitrogen and oxygen atoms in total. The van der Waals surface area contributed by atoms with Crippen LogP contribution in [0, 0.1) is 5.92 Å². The summed E-state index contributed by atoms with van der Waals surface area (Å²) in [7, 11) is 0. The summed E-state index contributed by atoms with van der Waals surface area (Å²) < 4.78 is 1.14. The van der Waals surface area contributed by atoms with Gasteiger partial charge in [0.25, 0.3) is 5.91 Å². The molecule has 0 saturated carbocycles. The van der Waals surface area contributed by atoms with Gasteiger partial charge in [-0.1, -0.05) is 30.3 Å². The minimum atomic E-state index is 0. The fourth-order valence-corrected chi connectivity index (χ4v) is 6.61. The summed E-state index contributed by atoms with van der Waals surface area (Å²) in [6, 6.07) is 16.8. The van der Waals surface area contributed by atoms with Gasteiger partial charge in [0, 0.05) is 35.9 Å². The number of hydrogen-bond donors (Lipinski definition) is 1. The topological polar surface area (TPSA) is 52.7 Å². The van der Waals surface area contributed by atoms with Crippen molar-refractivity contribution in [3.63, 3.8) is 0 Å². The van der Waals surface area contributed by atoms with E-state index in [2.05, 4.69) is 40.5 Å². The molecule has 2 bridgehead atoms. The molecule has 0 unspecified atom stereocenters. The quantitative estimate of drug-likeness (QED) is 0.574. The van der Waals surface area contributed by atoms with Crippen LogP contribution in [0.3, 0.4) is 0 Å². The Morgan fingerprint density at radius 3 is 2.48 bits per heavy atom. The zero-order valence-electron chi connectivity index (χ0n) is 18.5. The van der Waals surface area contributed by atoms with Crippen LogP contribution in [0.2, 0.25) is 0 Å². The van der Waals surface area contributed by atoms with E-state index in [9.17, 15) is 9.59 Å². The van der Waals surface area contributed by atoms with E-state index in [1.54, 1.807) is 11.3 Å². The van der Waals surface area contributed by atoms with E-state index in [4.69, 9.17) is 0 Å². The molecule has 1 aromatic heterocycles. The molecule has 4 aliphatic heterocycles. The minimum absolute atomic E-state index is 0. The van der Waals surface area contributed by atoms with Crippen molar-refractivity contribution in [2.24, 2.45) is 5.92 Å². The second-order valence-electron chi connectivity index (χ2n) is 9.25. The standard InChI is InChI=1S/C26H27N3O2S.ClH/c30-24-5-2-12-29(24)20-8-6-17(7-9-20)21-4-1-3-19-15-23(32-25(19)21)26(31)27-22-16-28-13-10-18(22)11-14-28;/h1,3-4,6-9,15,18,22H,2,5,10-14,16H2,(H,27,31);1H/t22-;/m0./s1. The van der Waals surface area contributed by atoms with Crippen molar-refractivity contribution in [1.29, 1.82) is 0 Å². The first-order chi connectivity index (χ1) is 15.7. The van der Waals surface area contributed by atoms with Crippen LogP contribution in [0.5, 0.6) is 0 Å². The van der Waals surface area contributed by atoms with E-state index < -0.39 is 0 Å². The van der Waals surface area contributed by atoms with Crippen molar-refractivity contribution < 1.29 is 9.59 Å². The predicted molar refractivity (Wildman–Crippen MR) is 137 cm³/mol. The Kier molecular flexibility index (Phi) is 6.16. The molecule has 4 fully saturated rings. The van der Waals surface area contributed by atoms with Gasteiger partial charge in [0.2, 0.25) is 5.91 Å². The number of benzene rings is 2. The molecule has 1 N–H and O–H groups in total. The second-order valence-corrected chi connectivity index (χ2v) is 10.3. The predicted octanol–water partition coefficient (Wildman–Crippen LogP) is 4.94. The van der Waals surface area contributed by atoms with E-state index >= 15 is 0 Å². The molecule has 0 radical (unpaired) electrons. The van der Waals surface area contributed by atoms with E-state index in [0.717, 1.165) is 51.3 Å². The van der Waals surface area contributed by atoms with E-state index in [-0.39, 0.29) is 30.3 Å². The average molecular weight is 482 g/mol. The fraction of sp³-hybridized carbons (Fsp3) is 0.385. The van der Waals surface area contributed by atoms with Crippen LogP contribution in [-0.4, -0.2) is 48.9 Å². The maximum atomic E-state index is 13.1. The monoisotopic (exact) mass is 481 g/mol. The van der Waals surface area contributed by atoms with Crippen LogP contribution in [0.1, 0.15) is 35.4 Å². The summed E-state index contributed by atoms with van der Waals surface area (Å²) in [5, 5.41) is 4.42. The number of anilines is 1. The van der Waals surface area contributed by atoms with Gasteiger partial charge in [0.15, 0.2) is 0 Å². The Morgan fingerprint density at radius 1 is 1.03 bits per heavy atom. The smallest absolute Gasteiger partial charge is 0.261 e. The Morgan fingerprint density at radius 2 is 1.82 bits per heavy atom. The molecule has 7 heteroatoms. The molecule has 0 spiro atoms. The third kappa shape index (κ3) is 4.16. The summed E-state index contributed by atoms with van der Waals surface area (Å²) in [6.07, 6.45) is 3.96. The van der Waals surface area contributed by atoms with Crippen LogP contribution in [0.4, 0.5) is 5.69 Å². The molecule has 4 aliphatic rings. The van der Waals surface area contributed by atoms with Gasteiger partial charge in [0.1, 0.15) is 0 Å². The van der Waals surface area contributed by atoms with Crippen molar-refractivity contribution >= 4 is 51.3 Å². The maximum absolute atomic E-state index is 13.1. The Bertz CT molecular complexity index is 1180. The Balaban J connectivity index is 0.00000228. The summed E-state index contributed by atoms with van der Waals surface area (Å²) in [4.78, 5) is 30.2. The SMILES string of the molecule is Cl.O=C(N[C@H]1CN2CCC1CC2)c1cc2cccc(-c3ccc(N4CCCC4=O)cc3)c2s1. The maximum Gasteiger partial charge on any atom is 0.261 e. The largest absolute Gasteiger partial charge is 0.347 e. The lowest BCUT2D eigenvalue weighted by molar-refractivity contribution is -0.117. The normalized spacial score (nSPS) is 24.2. The number of carbonyl (C=O) groups excluding carboxylic acids is 2. The molecule has 2 aromatic carbocycles. The number of halogens is 1. The highest BCUT2D eigenvalue weighted by Crippen LogP contribution is 2.36. The zero-order valence-corrected chi connectivity index (χ0v) is 20.1. The van der Waals surface area contributed by atoms with Crippen molar-refractivity contribution in [2.75, 3.05) is 31.1 Å². The zero-order chi connectivity index (χ0) is 21.7. The summed E-state index contributed by atoms with van der Waals surface area (Å²) in [6.45, 7) is 4.14. The van der Waals surface area contributed by atoms with Crippen molar-refractivity contribution in [1.82, 2.24) is 10.2 Å². The summed E-state index contributed by atoms with van der Waals surface area (Å²) >= 11 is 1.58. The lowest BCUT2D eigenvalue weighted by Gasteiger charge is -2.44. The Labute approximate surface area is 204 Å². The number of nitrogens with one attached hydrogen (secondary N) is 1. The van der Waals surface area contributed by atoms with Gasteiger partial charge in [-0.05, 0) is 73.0 Å². The molecular weight excluding hydrogens is 454 g/mol. The van der Waals surface area contributed by atoms with Crippen molar-refractivity contribution in [3.05, 3.63) is 53.4 Å². The molecular formula is C26H28ClN3O2S. The summed E-state index contributed by atoms with van der Waals surface area (Å²) in [5.74, 6) is 0.880. The van der Waals surface area contributed by atoms with Gasteiger partial charge >= 0.3 is 0 Å². The second kappa shape index (κ2) is 9.09. The molecule has 0 aliphatic carbocycles. The van der Waals surface area contributed by atoms with Crippen molar-refractivity contribution in [3.8, 4) is 11.1 Å². The van der Waals surface area contributed by atoms with Gasteiger partial charge in [-0.2, -0.15) is 0 Å². The number of thiophene rings is 1.